The van der Waals surface area contributed by atoms with Crippen LogP contribution in [-0.2, 0) is 0 Å². The largest absolute Gasteiger partial charge is 0.374 e. The molecule has 2 aromatic carbocycles. The van der Waals surface area contributed by atoms with Crippen LogP contribution < -0.4 is 0 Å². The molecule has 2 rings (SSSR count). The van der Waals surface area contributed by atoms with Crippen LogP contribution in [0.3, 0.4) is 0 Å². The number of hydrogen-bond donors (Lipinski definition) is 1. The molecule has 1 N–H and O–H groups in total. The molecule has 2 aromatic rings. The van der Waals surface area contributed by atoms with Gasteiger partial charge in [-0.1, -0.05) is 81.8 Å². The molecule has 0 bridgehead atoms. The van der Waals surface area contributed by atoms with Gasteiger partial charge >= 0.3 is 0 Å². The molecule has 1 unspecified atom stereocenters. The molecule has 0 fully saturated rings. The van der Waals surface area contributed by atoms with E-state index in [0.29, 0.717) is 0 Å². The summed E-state index contributed by atoms with van der Waals surface area (Å²) in [6.45, 7) is 10.1. The minimum absolute atomic E-state index is 0.544. The summed E-state index contributed by atoms with van der Waals surface area (Å²) in [5, 5.41) is 9.92. The van der Waals surface area contributed by atoms with E-state index < -0.39 is 6.23 Å². The molecule has 0 amide bonds. The lowest BCUT2D eigenvalue weighted by atomic mass is 10.0. The lowest BCUT2D eigenvalue weighted by molar-refractivity contribution is 0.0395. The minimum Gasteiger partial charge on any atom is -0.374 e. The molecular formula is C20H31NO. The predicted molar refractivity (Wildman–Crippen MR) is 98.0 cm³/mol. The number of aliphatic hydroxyl groups is 1. The van der Waals surface area contributed by atoms with Gasteiger partial charge in [0.2, 0.25) is 0 Å². The Morgan fingerprint density at radius 3 is 1.45 bits per heavy atom. The quantitative estimate of drug-likeness (QED) is 0.781. The Kier molecular flexibility index (Phi) is 10.2. The molecule has 2 nitrogen and oxygen atoms in total. The molecule has 122 valence electrons. The normalized spacial score (nSPS) is 11.0. The number of nitrogens with zero attached hydrogens (tertiary/aromatic N) is 1. The third-order valence-corrected chi connectivity index (χ3v) is 3.08. The molecule has 0 radical (unpaired) electrons. The average Bonchev–Trinajstić information content (AvgIpc) is 2.58. The van der Waals surface area contributed by atoms with Crippen LogP contribution in [0.4, 0.5) is 0 Å². The van der Waals surface area contributed by atoms with E-state index in [4.69, 9.17) is 0 Å². The van der Waals surface area contributed by atoms with Gasteiger partial charge in [-0.2, -0.15) is 0 Å². The molecular weight excluding hydrogens is 270 g/mol. The lowest BCUT2D eigenvalue weighted by Gasteiger charge is -2.18. The standard InChI is InChI=1S/C16H19NO.2C2H6/c1-12-4-6-13(7-5-12)14-8-10-15(11-9-14)16(18)17(2)3;2*1-2/h4-11,16,18H,1-3H3;2*1-2H3. The number of aliphatic hydroxyl groups excluding tert-OH is 1. The van der Waals surface area contributed by atoms with E-state index in [-0.39, 0.29) is 0 Å². The molecule has 0 aromatic heterocycles. The van der Waals surface area contributed by atoms with Crippen LogP contribution in [0, 0.1) is 6.92 Å². The predicted octanol–water partition coefficient (Wildman–Crippen LogP) is 5.27. The van der Waals surface area contributed by atoms with Gasteiger partial charge in [-0.05, 0) is 37.7 Å². The third-order valence-electron chi connectivity index (χ3n) is 3.08. The smallest absolute Gasteiger partial charge is 0.133 e. The first-order valence-corrected chi connectivity index (χ1v) is 8.09. The Morgan fingerprint density at radius 1 is 0.727 bits per heavy atom. The first kappa shape index (κ1) is 20.4. The zero-order valence-corrected chi connectivity index (χ0v) is 15.1. The zero-order valence-electron chi connectivity index (χ0n) is 15.1. The van der Waals surface area contributed by atoms with Gasteiger partial charge in [0.15, 0.2) is 0 Å². The summed E-state index contributed by atoms with van der Waals surface area (Å²) in [4.78, 5) is 1.78. The fourth-order valence-electron chi connectivity index (χ4n) is 1.89. The van der Waals surface area contributed by atoms with Crippen molar-refractivity contribution in [2.24, 2.45) is 0 Å². The molecule has 0 aliphatic rings. The van der Waals surface area contributed by atoms with Crippen molar-refractivity contribution in [1.82, 2.24) is 4.90 Å². The maximum atomic E-state index is 9.92. The van der Waals surface area contributed by atoms with Crippen molar-refractivity contribution in [3.05, 3.63) is 59.7 Å². The lowest BCUT2D eigenvalue weighted by Crippen LogP contribution is -2.18. The number of rotatable bonds is 3. The summed E-state index contributed by atoms with van der Waals surface area (Å²) in [5.74, 6) is 0. The Labute approximate surface area is 136 Å². The van der Waals surface area contributed by atoms with Crippen molar-refractivity contribution in [3.8, 4) is 11.1 Å². The maximum absolute atomic E-state index is 9.92. The number of hydrogen-bond acceptors (Lipinski definition) is 2. The average molecular weight is 301 g/mol. The Morgan fingerprint density at radius 2 is 1.09 bits per heavy atom. The highest BCUT2D eigenvalue weighted by Gasteiger charge is 2.09. The van der Waals surface area contributed by atoms with Gasteiger partial charge in [0, 0.05) is 0 Å². The van der Waals surface area contributed by atoms with Crippen molar-refractivity contribution in [2.45, 2.75) is 40.8 Å². The van der Waals surface area contributed by atoms with Crippen LogP contribution in [0.25, 0.3) is 11.1 Å². The van der Waals surface area contributed by atoms with Crippen LogP contribution in [0.15, 0.2) is 48.5 Å². The van der Waals surface area contributed by atoms with Crippen molar-refractivity contribution >= 4 is 0 Å². The highest BCUT2D eigenvalue weighted by atomic mass is 16.3. The summed E-state index contributed by atoms with van der Waals surface area (Å²) in [6.07, 6.45) is -0.544. The molecule has 22 heavy (non-hydrogen) atoms. The third kappa shape index (κ3) is 6.00. The van der Waals surface area contributed by atoms with Crippen molar-refractivity contribution in [1.29, 1.82) is 0 Å². The van der Waals surface area contributed by atoms with E-state index in [2.05, 4.69) is 31.2 Å². The number of benzene rings is 2. The summed E-state index contributed by atoms with van der Waals surface area (Å²) in [7, 11) is 3.72. The van der Waals surface area contributed by atoms with Crippen molar-refractivity contribution < 1.29 is 5.11 Å². The second kappa shape index (κ2) is 11.0. The Hall–Kier alpha value is -1.64. The minimum atomic E-state index is -0.544. The highest BCUT2D eigenvalue weighted by molar-refractivity contribution is 5.63. The van der Waals surface area contributed by atoms with Gasteiger partial charge in [0.1, 0.15) is 6.23 Å². The molecule has 0 saturated heterocycles. The zero-order chi connectivity index (χ0) is 17.1. The molecule has 2 heteroatoms. The van der Waals surface area contributed by atoms with Crippen LogP contribution in [0.5, 0.6) is 0 Å². The van der Waals surface area contributed by atoms with Gasteiger partial charge in [-0.25, -0.2) is 0 Å². The highest BCUT2D eigenvalue weighted by Crippen LogP contribution is 2.23. The van der Waals surface area contributed by atoms with Crippen molar-refractivity contribution in [2.75, 3.05) is 14.1 Å². The first-order valence-electron chi connectivity index (χ1n) is 8.09. The Bertz CT molecular complexity index is 500. The molecule has 0 aliphatic carbocycles. The summed E-state index contributed by atoms with van der Waals surface area (Å²) in [5.41, 5.74) is 4.55. The van der Waals surface area contributed by atoms with Crippen LogP contribution in [0.2, 0.25) is 0 Å². The second-order valence-corrected chi connectivity index (χ2v) is 4.83. The van der Waals surface area contributed by atoms with Gasteiger partial charge in [0.05, 0.1) is 0 Å². The van der Waals surface area contributed by atoms with Crippen molar-refractivity contribution in [3.63, 3.8) is 0 Å². The fourth-order valence-corrected chi connectivity index (χ4v) is 1.89. The van der Waals surface area contributed by atoms with E-state index in [1.807, 2.05) is 66.1 Å². The van der Waals surface area contributed by atoms with Gasteiger partial charge in [0.25, 0.3) is 0 Å². The van der Waals surface area contributed by atoms with E-state index in [0.717, 1.165) is 5.56 Å². The first-order chi connectivity index (χ1) is 10.6. The summed E-state index contributed by atoms with van der Waals surface area (Å²) in [6, 6.07) is 16.5. The fraction of sp³-hybridized carbons (Fsp3) is 0.400. The van der Waals surface area contributed by atoms with E-state index in [1.54, 1.807) is 4.90 Å². The SMILES string of the molecule is CC.CC.Cc1ccc(-c2ccc(C(O)N(C)C)cc2)cc1. The molecule has 0 heterocycles. The van der Waals surface area contributed by atoms with E-state index in [9.17, 15) is 5.11 Å². The maximum Gasteiger partial charge on any atom is 0.133 e. The number of aryl methyl sites for hydroxylation is 1. The van der Waals surface area contributed by atoms with Gasteiger partial charge in [-0.3, -0.25) is 4.90 Å². The van der Waals surface area contributed by atoms with E-state index >= 15 is 0 Å². The molecule has 1 atom stereocenters. The van der Waals surface area contributed by atoms with Crippen LogP contribution >= 0.6 is 0 Å². The topological polar surface area (TPSA) is 23.5 Å². The second-order valence-electron chi connectivity index (χ2n) is 4.83. The molecule has 0 aliphatic heterocycles. The Balaban J connectivity index is 0.00000102. The van der Waals surface area contributed by atoms with Crippen LogP contribution in [0.1, 0.15) is 45.0 Å². The summed E-state index contributed by atoms with van der Waals surface area (Å²) >= 11 is 0. The molecule has 0 saturated carbocycles. The van der Waals surface area contributed by atoms with Gasteiger partial charge in [-0.15, -0.1) is 0 Å². The summed E-state index contributed by atoms with van der Waals surface area (Å²) < 4.78 is 0. The monoisotopic (exact) mass is 301 g/mol. The molecule has 0 spiro atoms. The van der Waals surface area contributed by atoms with E-state index in [1.165, 1.54) is 16.7 Å². The van der Waals surface area contributed by atoms with Crippen LogP contribution in [-0.4, -0.2) is 24.1 Å². The van der Waals surface area contributed by atoms with Gasteiger partial charge < -0.3 is 5.11 Å².